The summed E-state index contributed by atoms with van der Waals surface area (Å²) in [7, 11) is 0. The van der Waals surface area contributed by atoms with E-state index in [4.69, 9.17) is 23.2 Å². The zero-order valence-electron chi connectivity index (χ0n) is 13.4. The van der Waals surface area contributed by atoms with E-state index in [1.807, 2.05) is 6.07 Å². The fourth-order valence-electron chi connectivity index (χ4n) is 1.88. The number of amides is 1. The van der Waals surface area contributed by atoms with Crippen molar-refractivity contribution in [1.82, 2.24) is 10.2 Å². The monoisotopic (exact) mass is 396 g/mol. The molecule has 0 bridgehead atoms. The van der Waals surface area contributed by atoms with Gasteiger partial charge in [0, 0.05) is 6.42 Å². The maximum atomic E-state index is 12.2. The van der Waals surface area contributed by atoms with Crippen LogP contribution in [0.4, 0.5) is 5.13 Å². The summed E-state index contributed by atoms with van der Waals surface area (Å²) < 4.78 is 0. The topological polar surface area (TPSA) is 98.9 Å². The molecule has 0 aliphatic heterocycles. The molecule has 0 aliphatic rings. The van der Waals surface area contributed by atoms with Crippen LogP contribution in [0.3, 0.4) is 0 Å². The van der Waals surface area contributed by atoms with Crippen molar-refractivity contribution in [1.29, 1.82) is 5.26 Å². The molecule has 0 radical (unpaired) electrons. The number of anilines is 1. The highest BCUT2D eigenvalue weighted by molar-refractivity contribution is 7.15. The Hall–Kier alpha value is -2.14. The summed E-state index contributed by atoms with van der Waals surface area (Å²) in [6.45, 7) is 4.12. The van der Waals surface area contributed by atoms with Crippen LogP contribution in [0.2, 0.25) is 10.0 Å². The van der Waals surface area contributed by atoms with Gasteiger partial charge in [0.1, 0.15) is 16.6 Å². The third kappa shape index (κ3) is 5.16. The summed E-state index contributed by atoms with van der Waals surface area (Å²) in [5, 5.41) is 30.4. The van der Waals surface area contributed by atoms with Crippen LogP contribution in [0.5, 0.6) is 5.75 Å². The number of halogens is 2. The van der Waals surface area contributed by atoms with Crippen molar-refractivity contribution in [2.45, 2.75) is 20.3 Å². The number of nitriles is 1. The Morgan fingerprint density at radius 2 is 2.04 bits per heavy atom. The first-order chi connectivity index (χ1) is 11.8. The number of hydrogen-bond donors (Lipinski definition) is 2. The number of phenolic OH excluding ortho intramolecular Hbond substituents is 1. The van der Waals surface area contributed by atoms with Crippen LogP contribution >= 0.6 is 34.5 Å². The smallest absolute Gasteiger partial charge is 0.268 e. The van der Waals surface area contributed by atoms with E-state index in [-0.39, 0.29) is 21.4 Å². The first kappa shape index (κ1) is 19.2. The first-order valence-electron chi connectivity index (χ1n) is 7.23. The summed E-state index contributed by atoms with van der Waals surface area (Å²) in [5.41, 5.74) is 0.260. The molecule has 130 valence electrons. The van der Waals surface area contributed by atoms with Crippen LogP contribution in [0.1, 0.15) is 24.4 Å². The van der Waals surface area contributed by atoms with E-state index in [1.165, 1.54) is 29.5 Å². The van der Waals surface area contributed by atoms with Crippen molar-refractivity contribution < 1.29 is 9.90 Å². The van der Waals surface area contributed by atoms with Crippen LogP contribution in [0.15, 0.2) is 17.7 Å². The Bertz CT molecular complexity index is 848. The van der Waals surface area contributed by atoms with Crippen molar-refractivity contribution in [2.75, 3.05) is 5.32 Å². The highest BCUT2D eigenvalue weighted by Gasteiger charge is 2.14. The van der Waals surface area contributed by atoms with Gasteiger partial charge in [-0.2, -0.15) is 5.26 Å². The number of nitrogens with one attached hydrogen (secondary N) is 1. The minimum absolute atomic E-state index is 0.0268. The molecule has 0 unspecified atom stereocenters. The van der Waals surface area contributed by atoms with Crippen LogP contribution in [-0.2, 0) is 11.2 Å². The Balaban J connectivity index is 2.18. The third-order valence-corrected chi connectivity index (χ3v) is 4.42. The molecular weight excluding hydrogens is 383 g/mol. The van der Waals surface area contributed by atoms with Gasteiger partial charge in [-0.15, -0.1) is 10.2 Å². The Morgan fingerprint density at radius 3 is 2.60 bits per heavy atom. The molecule has 1 heterocycles. The summed E-state index contributed by atoms with van der Waals surface area (Å²) in [5.74, 6) is -0.444. The van der Waals surface area contributed by atoms with E-state index < -0.39 is 5.91 Å². The van der Waals surface area contributed by atoms with Gasteiger partial charge in [-0.1, -0.05) is 48.4 Å². The largest absolute Gasteiger partial charge is 0.505 e. The molecule has 1 aromatic heterocycles. The lowest BCUT2D eigenvalue weighted by Crippen LogP contribution is -2.13. The number of hydrogen-bond acceptors (Lipinski definition) is 6. The summed E-state index contributed by atoms with van der Waals surface area (Å²) in [6.07, 6.45) is 2.08. The molecule has 2 rings (SSSR count). The fourth-order valence-corrected chi connectivity index (χ4v) is 3.33. The second-order valence-corrected chi connectivity index (χ2v) is 7.43. The number of benzene rings is 1. The number of carbonyl (C=O) groups excluding carboxylic acids is 1. The second-order valence-electron chi connectivity index (χ2n) is 5.56. The molecule has 1 aromatic carbocycles. The average molecular weight is 397 g/mol. The van der Waals surface area contributed by atoms with E-state index in [2.05, 4.69) is 29.4 Å². The summed E-state index contributed by atoms with van der Waals surface area (Å²) in [6, 6.07) is 4.62. The standard InChI is InChI=1S/C16H14Cl2N4O2S/c1-8(2)3-13-21-22-16(25-13)20-15(24)10(7-19)4-9-5-11(17)14(23)12(18)6-9/h4-6,8,23H,3H2,1-2H3,(H,20,22,24)/b10-4-. The number of carbonyl (C=O) groups is 1. The minimum atomic E-state index is -0.616. The number of aromatic hydroxyl groups is 1. The highest BCUT2D eigenvalue weighted by Crippen LogP contribution is 2.33. The molecule has 2 aromatic rings. The van der Waals surface area contributed by atoms with Crippen LogP contribution in [0, 0.1) is 17.2 Å². The molecule has 0 spiro atoms. The van der Waals surface area contributed by atoms with Crippen molar-refractivity contribution in [3.8, 4) is 11.8 Å². The summed E-state index contributed by atoms with van der Waals surface area (Å²) >= 11 is 12.9. The quantitative estimate of drug-likeness (QED) is 0.579. The predicted molar refractivity (Wildman–Crippen MR) is 98.8 cm³/mol. The van der Waals surface area contributed by atoms with E-state index in [0.29, 0.717) is 16.6 Å². The van der Waals surface area contributed by atoms with Gasteiger partial charge in [0.25, 0.3) is 5.91 Å². The number of rotatable bonds is 5. The third-order valence-electron chi connectivity index (χ3n) is 2.99. The van der Waals surface area contributed by atoms with E-state index in [9.17, 15) is 15.2 Å². The van der Waals surface area contributed by atoms with Gasteiger partial charge in [0.15, 0.2) is 5.75 Å². The molecule has 0 atom stereocenters. The molecule has 9 heteroatoms. The van der Waals surface area contributed by atoms with E-state index in [1.54, 1.807) is 0 Å². The normalized spacial score (nSPS) is 11.4. The Labute approximate surface area is 158 Å². The van der Waals surface area contributed by atoms with Crippen LogP contribution in [0.25, 0.3) is 6.08 Å². The minimum Gasteiger partial charge on any atom is -0.505 e. The molecule has 2 N–H and O–H groups in total. The van der Waals surface area contributed by atoms with Gasteiger partial charge in [0.05, 0.1) is 10.0 Å². The summed E-state index contributed by atoms with van der Waals surface area (Å²) in [4.78, 5) is 12.2. The molecule has 0 fully saturated rings. The molecular formula is C16H14Cl2N4O2S. The number of nitrogens with zero attached hydrogens (tertiary/aromatic N) is 3. The maximum Gasteiger partial charge on any atom is 0.268 e. The molecule has 6 nitrogen and oxygen atoms in total. The van der Waals surface area contributed by atoms with Crippen LogP contribution in [-0.4, -0.2) is 21.2 Å². The predicted octanol–water partition coefficient (Wildman–Crippen LogP) is 4.29. The molecule has 0 aliphatic carbocycles. The first-order valence-corrected chi connectivity index (χ1v) is 8.81. The molecule has 25 heavy (non-hydrogen) atoms. The number of phenols is 1. The van der Waals surface area contributed by atoms with Gasteiger partial charge < -0.3 is 5.11 Å². The lowest BCUT2D eigenvalue weighted by Gasteiger charge is -2.03. The van der Waals surface area contributed by atoms with Crippen molar-refractivity contribution in [3.63, 3.8) is 0 Å². The van der Waals surface area contributed by atoms with Gasteiger partial charge in [0.2, 0.25) is 5.13 Å². The lowest BCUT2D eigenvalue weighted by molar-refractivity contribution is -0.112. The number of aromatic nitrogens is 2. The SMILES string of the molecule is CC(C)Cc1nnc(NC(=O)/C(C#N)=C\c2cc(Cl)c(O)c(Cl)c2)s1. The molecule has 1 amide bonds. The Kier molecular flexibility index (Phi) is 6.37. The van der Waals surface area contributed by atoms with Crippen molar-refractivity contribution >= 4 is 51.7 Å². The zero-order valence-corrected chi connectivity index (χ0v) is 15.7. The van der Waals surface area contributed by atoms with Gasteiger partial charge in [-0.05, 0) is 29.7 Å². The lowest BCUT2D eigenvalue weighted by atomic mass is 10.1. The Morgan fingerprint density at radius 1 is 1.40 bits per heavy atom. The maximum absolute atomic E-state index is 12.2. The molecule has 0 saturated carbocycles. The van der Waals surface area contributed by atoms with E-state index >= 15 is 0 Å². The van der Waals surface area contributed by atoms with Crippen LogP contribution < -0.4 is 5.32 Å². The molecule has 0 saturated heterocycles. The van der Waals surface area contributed by atoms with E-state index in [0.717, 1.165) is 11.4 Å². The fraction of sp³-hybridized carbons (Fsp3) is 0.250. The highest BCUT2D eigenvalue weighted by atomic mass is 35.5. The van der Waals surface area contributed by atoms with Crippen molar-refractivity contribution in [3.05, 3.63) is 38.3 Å². The van der Waals surface area contributed by atoms with Crippen molar-refractivity contribution in [2.24, 2.45) is 5.92 Å². The second kappa shape index (κ2) is 8.30. The zero-order chi connectivity index (χ0) is 18.6. The van der Waals surface area contributed by atoms with Gasteiger partial charge in [-0.25, -0.2) is 0 Å². The van der Waals surface area contributed by atoms with Gasteiger partial charge >= 0.3 is 0 Å². The average Bonchev–Trinajstić information content (AvgIpc) is 2.96. The van der Waals surface area contributed by atoms with Gasteiger partial charge in [-0.3, -0.25) is 10.1 Å².